The molecule has 0 saturated heterocycles. The van der Waals surface area contributed by atoms with Gasteiger partial charge in [0, 0.05) is 16.9 Å². The Balaban J connectivity index is 3.17. The first-order valence-corrected chi connectivity index (χ1v) is 4.12. The van der Waals surface area contributed by atoms with Gasteiger partial charge in [0.1, 0.15) is 6.29 Å². The summed E-state index contributed by atoms with van der Waals surface area (Å²) < 4.78 is 0.309. The lowest BCUT2D eigenvalue weighted by atomic mass is 10.3. The zero-order valence-corrected chi connectivity index (χ0v) is 7.12. The van der Waals surface area contributed by atoms with E-state index in [0.29, 0.717) is 11.2 Å². The summed E-state index contributed by atoms with van der Waals surface area (Å²) >= 11 is 1.83. The Bertz CT molecular complexity index is 83.4. The van der Waals surface area contributed by atoms with Gasteiger partial charge in [-0.2, -0.15) is 11.8 Å². The molecule has 0 saturated carbocycles. The number of rotatable bonds is 3. The second kappa shape index (κ2) is 3.94. The molecule has 0 fully saturated rings. The van der Waals surface area contributed by atoms with Gasteiger partial charge in [0.2, 0.25) is 0 Å². The van der Waals surface area contributed by atoms with Crippen molar-refractivity contribution in [3.63, 3.8) is 0 Å². The molecule has 0 aliphatic rings. The van der Waals surface area contributed by atoms with E-state index in [-0.39, 0.29) is 0 Å². The molecule has 0 heterocycles. The highest BCUT2D eigenvalue weighted by molar-refractivity contribution is 8.00. The van der Waals surface area contributed by atoms with Gasteiger partial charge >= 0.3 is 0 Å². The monoisotopic (exact) mass is 146 g/mol. The van der Waals surface area contributed by atoms with E-state index in [0.717, 1.165) is 12.0 Å². The van der Waals surface area contributed by atoms with Crippen molar-refractivity contribution in [1.82, 2.24) is 0 Å². The normalized spacial score (nSPS) is 11.4. The smallest absolute Gasteiger partial charge is 0.120 e. The Morgan fingerprint density at radius 3 is 2.33 bits per heavy atom. The average Bonchev–Trinajstić information content (AvgIpc) is 1.63. The van der Waals surface area contributed by atoms with Crippen LogP contribution in [0.15, 0.2) is 0 Å². The van der Waals surface area contributed by atoms with Crippen molar-refractivity contribution in [2.75, 3.05) is 5.75 Å². The van der Waals surface area contributed by atoms with Crippen molar-refractivity contribution < 1.29 is 4.79 Å². The standard InChI is InChI=1S/C7H14OS/c1-7(2,3)9-6-4-5-8/h5H,4,6H2,1-3H3. The third-order valence-electron chi connectivity index (χ3n) is 0.771. The Hall–Kier alpha value is 0.0200. The number of hydrogen-bond donors (Lipinski definition) is 0. The van der Waals surface area contributed by atoms with Crippen LogP contribution >= 0.6 is 11.8 Å². The highest BCUT2D eigenvalue weighted by Crippen LogP contribution is 2.22. The van der Waals surface area contributed by atoms with Crippen LogP contribution in [-0.2, 0) is 4.79 Å². The first kappa shape index (κ1) is 9.02. The summed E-state index contributed by atoms with van der Waals surface area (Å²) in [6.45, 7) is 6.47. The van der Waals surface area contributed by atoms with Gasteiger partial charge in [-0.15, -0.1) is 0 Å². The van der Waals surface area contributed by atoms with Crippen LogP contribution in [0.2, 0.25) is 0 Å². The topological polar surface area (TPSA) is 17.1 Å². The molecule has 0 radical (unpaired) electrons. The fourth-order valence-corrected chi connectivity index (χ4v) is 1.24. The molecule has 0 aliphatic carbocycles. The van der Waals surface area contributed by atoms with Crippen molar-refractivity contribution in [3.05, 3.63) is 0 Å². The zero-order valence-electron chi connectivity index (χ0n) is 6.31. The lowest BCUT2D eigenvalue weighted by molar-refractivity contribution is -0.107. The van der Waals surface area contributed by atoms with Crippen LogP contribution in [0.25, 0.3) is 0 Å². The Labute approximate surface area is 61.2 Å². The van der Waals surface area contributed by atoms with Crippen molar-refractivity contribution in [3.8, 4) is 0 Å². The average molecular weight is 146 g/mol. The van der Waals surface area contributed by atoms with E-state index in [2.05, 4.69) is 20.8 Å². The molecule has 0 spiro atoms. The molecule has 0 bridgehead atoms. The van der Waals surface area contributed by atoms with E-state index in [1.54, 1.807) is 0 Å². The first-order chi connectivity index (χ1) is 4.06. The van der Waals surface area contributed by atoms with E-state index in [4.69, 9.17) is 0 Å². The molecule has 2 heteroatoms. The highest BCUT2D eigenvalue weighted by atomic mass is 32.2. The van der Waals surface area contributed by atoms with Gasteiger partial charge in [-0.3, -0.25) is 0 Å². The molecule has 0 unspecified atom stereocenters. The van der Waals surface area contributed by atoms with E-state index in [1.807, 2.05) is 11.8 Å². The predicted octanol–water partition coefficient (Wildman–Crippen LogP) is 2.11. The summed E-state index contributed by atoms with van der Waals surface area (Å²) in [4.78, 5) is 9.88. The van der Waals surface area contributed by atoms with Crippen molar-refractivity contribution in [1.29, 1.82) is 0 Å². The summed E-state index contributed by atoms with van der Waals surface area (Å²) in [5.74, 6) is 0.951. The Morgan fingerprint density at radius 2 is 2.00 bits per heavy atom. The molecule has 0 amide bonds. The third kappa shape index (κ3) is 8.02. The van der Waals surface area contributed by atoms with E-state index < -0.39 is 0 Å². The fourth-order valence-electron chi connectivity index (χ4n) is 0.413. The van der Waals surface area contributed by atoms with Gasteiger partial charge in [-0.05, 0) is 0 Å². The lowest BCUT2D eigenvalue weighted by Gasteiger charge is -2.15. The van der Waals surface area contributed by atoms with Crippen LogP contribution in [0.4, 0.5) is 0 Å². The van der Waals surface area contributed by atoms with Gasteiger partial charge in [0.25, 0.3) is 0 Å². The number of thioether (sulfide) groups is 1. The minimum atomic E-state index is 0.309. The molecule has 0 rings (SSSR count). The molecular weight excluding hydrogens is 132 g/mol. The van der Waals surface area contributed by atoms with E-state index in [1.165, 1.54) is 0 Å². The molecule has 0 aromatic rings. The summed E-state index contributed by atoms with van der Waals surface area (Å²) in [7, 11) is 0. The quantitative estimate of drug-likeness (QED) is 0.448. The molecule has 54 valence electrons. The number of carbonyl (C=O) groups excluding carboxylic acids is 1. The van der Waals surface area contributed by atoms with Crippen LogP contribution in [0.5, 0.6) is 0 Å². The van der Waals surface area contributed by atoms with E-state index in [9.17, 15) is 4.79 Å². The number of aldehydes is 1. The molecule has 0 atom stereocenters. The summed E-state index contributed by atoms with van der Waals surface area (Å²) in [5, 5.41) is 0. The first-order valence-electron chi connectivity index (χ1n) is 3.14. The minimum absolute atomic E-state index is 0.309. The molecule has 0 aliphatic heterocycles. The maximum absolute atomic E-state index is 9.88. The SMILES string of the molecule is CC(C)(C)SCCC=O. The Morgan fingerprint density at radius 1 is 1.44 bits per heavy atom. The molecular formula is C7H14OS. The van der Waals surface area contributed by atoms with Crippen LogP contribution in [0.1, 0.15) is 27.2 Å². The lowest BCUT2D eigenvalue weighted by Crippen LogP contribution is -2.08. The fraction of sp³-hybridized carbons (Fsp3) is 0.857. The second-order valence-corrected chi connectivity index (χ2v) is 4.84. The third-order valence-corrected chi connectivity index (χ3v) is 2.08. The maximum Gasteiger partial charge on any atom is 0.120 e. The Kier molecular flexibility index (Phi) is 3.95. The van der Waals surface area contributed by atoms with Gasteiger partial charge in [0.15, 0.2) is 0 Å². The van der Waals surface area contributed by atoms with Crippen molar-refractivity contribution in [2.24, 2.45) is 0 Å². The second-order valence-electron chi connectivity index (χ2n) is 2.92. The number of carbonyl (C=O) groups is 1. The largest absolute Gasteiger partial charge is 0.303 e. The van der Waals surface area contributed by atoms with Crippen LogP contribution in [-0.4, -0.2) is 16.8 Å². The van der Waals surface area contributed by atoms with Gasteiger partial charge < -0.3 is 4.79 Å². The summed E-state index contributed by atoms with van der Waals surface area (Å²) in [6.07, 6.45) is 1.65. The molecule has 0 aromatic heterocycles. The van der Waals surface area contributed by atoms with Crippen LogP contribution in [0.3, 0.4) is 0 Å². The van der Waals surface area contributed by atoms with Gasteiger partial charge in [0.05, 0.1) is 0 Å². The van der Waals surface area contributed by atoms with Crippen molar-refractivity contribution >= 4 is 18.0 Å². The van der Waals surface area contributed by atoms with Gasteiger partial charge in [-0.1, -0.05) is 20.8 Å². The number of hydrogen-bond acceptors (Lipinski definition) is 2. The van der Waals surface area contributed by atoms with Crippen LogP contribution in [0, 0.1) is 0 Å². The van der Waals surface area contributed by atoms with Gasteiger partial charge in [-0.25, -0.2) is 0 Å². The van der Waals surface area contributed by atoms with E-state index >= 15 is 0 Å². The summed E-state index contributed by atoms with van der Waals surface area (Å²) in [5.41, 5.74) is 0. The summed E-state index contributed by atoms with van der Waals surface area (Å²) in [6, 6.07) is 0. The van der Waals surface area contributed by atoms with Crippen molar-refractivity contribution in [2.45, 2.75) is 31.9 Å². The maximum atomic E-state index is 9.88. The minimum Gasteiger partial charge on any atom is -0.303 e. The highest BCUT2D eigenvalue weighted by Gasteiger charge is 2.08. The van der Waals surface area contributed by atoms with Crippen LogP contribution < -0.4 is 0 Å². The molecule has 0 N–H and O–H groups in total. The molecule has 9 heavy (non-hydrogen) atoms. The molecule has 0 aromatic carbocycles. The molecule has 1 nitrogen and oxygen atoms in total. The zero-order chi connectivity index (χ0) is 7.33. The predicted molar refractivity (Wildman–Crippen MR) is 42.9 cm³/mol.